The van der Waals surface area contributed by atoms with E-state index >= 15 is 0 Å². The van der Waals surface area contributed by atoms with Crippen LogP contribution in [0.15, 0.2) is 11.1 Å². The number of amides is 1. The molecule has 0 spiro atoms. The average molecular weight is 731 g/mol. The number of aliphatic carboxylic acids is 1. The maximum atomic E-state index is 14.4. The second-order valence-corrected chi connectivity index (χ2v) is 22.0. The molecule has 51 heavy (non-hydrogen) atoms. The lowest BCUT2D eigenvalue weighted by Crippen LogP contribution is -2.64. The second kappa shape index (κ2) is 13.4. The van der Waals surface area contributed by atoms with Gasteiger partial charge in [-0.1, -0.05) is 59.6 Å². The normalized spacial score (nSPS) is 39.8. The summed E-state index contributed by atoms with van der Waals surface area (Å²) in [5.41, 5.74) is 2.80. The first-order valence-corrected chi connectivity index (χ1v) is 21.9. The third-order valence-electron chi connectivity index (χ3n) is 16.1. The molecule has 1 heterocycles. The molecule has 0 aromatic carbocycles. The average Bonchev–Trinajstić information content (AvgIpc) is 3.04. The van der Waals surface area contributed by atoms with Gasteiger partial charge in [-0.05, 0) is 117 Å². The minimum absolute atomic E-state index is 0.0231. The summed E-state index contributed by atoms with van der Waals surface area (Å²) in [6.45, 7) is 19.6. The number of rotatable bonds is 9. The van der Waals surface area contributed by atoms with Crippen molar-refractivity contribution in [2.24, 2.45) is 44.3 Å². The number of hydrogen-bond donors (Lipinski definition) is 2. The Morgan fingerprint density at radius 2 is 1.53 bits per heavy atom. The summed E-state index contributed by atoms with van der Waals surface area (Å²) in [5, 5.41) is 12.5. The second-order valence-electron chi connectivity index (χ2n) is 19.7. The molecule has 0 unspecified atom stereocenters. The maximum absolute atomic E-state index is 14.4. The zero-order valence-electron chi connectivity index (χ0n) is 32.6. The van der Waals surface area contributed by atoms with Crippen molar-refractivity contribution in [2.75, 3.05) is 37.7 Å². The van der Waals surface area contributed by atoms with Crippen LogP contribution in [-0.4, -0.2) is 80.1 Å². The van der Waals surface area contributed by atoms with E-state index in [0.29, 0.717) is 31.5 Å². The number of carbonyl (C=O) groups is 3. The van der Waals surface area contributed by atoms with Gasteiger partial charge in [0.25, 0.3) is 0 Å². The highest BCUT2D eigenvalue weighted by Crippen LogP contribution is 2.75. The molecule has 4 saturated carbocycles. The summed E-state index contributed by atoms with van der Waals surface area (Å²) < 4.78 is 29.7. The van der Waals surface area contributed by atoms with Gasteiger partial charge in [0.05, 0.1) is 29.8 Å². The molecule has 288 valence electrons. The molecule has 1 aliphatic heterocycles. The minimum atomic E-state index is -2.90. The zero-order chi connectivity index (χ0) is 37.3. The molecule has 5 aliphatic carbocycles. The van der Waals surface area contributed by atoms with E-state index < -0.39 is 27.2 Å². The number of nitrogens with one attached hydrogen (secondary N) is 1. The van der Waals surface area contributed by atoms with E-state index in [2.05, 4.69) is 58.7 Å². The fraction of sp³-hybridized carbons (Fsp3) is 0.878. The van der Waals surface area contributed by atoms with Gasteiger partial charge in [0.15, 0.2) is 9.84 Å². The van der Waals surface area contributed by atoms with Crippen LogP contribution in [0.5, 0.6) is 0 Å². The molecule has 0 aromatic rings. The number of allylic oxidation sites excluding steroid dienone is 1. The number of nitrogens with zero attached hydrogens (tertiary/aromatic N) is 1. The standard InChI is InChI=1S/C41H66N2O7S/c1-36(2)17-19-41(35(47)42-21-8-22-43-23-25-51(48,49)26-24-43)20-18-39(6)28(29(41)27-36)9-10-31-38(5)15-14-32(50-34(46)12-11-33(44)45)37(3,4)30(38)13-16-40(31,39)7/h30-32H,8-27H2,1-7H3,(H,42,47)(H,44,45)/t30-,31+,32-,38-,39+,40+,41-/m0/s1. The smallest absolute Gasteiger partial charge is 0.306 e. The van der Waals surface area contributed by atoms with E-state index in [1.54, 1.807) is 5.57 Å². The van der Waals surface area contributed by atoms with Crippen molar-refractivity contribution in [1.82, 2.24) is 10.2 Å². The lowest BCUT2D eigenvalue weighted by atomic mass is 9.34. The number of carboxylic acid groups (broad SMARTS) is 1. The van der Waals surface area contributed by atoms with Crippen LogP contribution in [0.2, 0.25) is 0 Å². The highest BCUT2D eigenvalue weighted by Gasteiger charge is 2.68. The molecule has 6 rings (SSSR count). The third-order valence-corrected chi connectivity index (χ3v) is 17.7. The lowest BCUT2D eigenvalue weighted by Gasteiger charge is -2.71. The molecule has 1 saturated heterocycles. The van der Waals surface area contributed by atoms with Crippen molar-refractivity contribution < 1.29 is 32.6 Å². The fourth-order valence-electron chi connectivity index (χ4n) is 12.9. The van der Waals surface area contributed by atoms with Crippen LogP contribution < -0.4 is 5.32 Å². The molecular weight excluding hydrogens is 665 g/mol. The van der Waals surface area contributed by atoms with E-state index in [1.807, 2.05) is 0 Å². The summed E-state index contributed by atoms with van der Waals surface area (Å²) in [7, 11) is -2.90. The predicted molar refractivity (Wildman–Crippen MR) is 199 cm³/mol. The van der Waals surface area contributed by atoms with Crippen LogP contribution in [0.1, 0.15) is 138 Å². The molecule has 9 nitrogen and oxygen atoms in total. The van der Waals surface area contributed by atoms with Crippen LogP contribution in [0.25, 0.3) is 0 Å². The summed E-state index contributed by atoms with van der Waals surface area (Å²) in [5.74, 6) is 0.245. The topological polar surface area (TPSA) is 130 Å². The summed E-state index contributed by atoms with van der Waals surface area (Å²) in [6.07, 6.45) is 11.4. The largest absolute Gasteiger partial charge is 0.481 e. The Hall–Kier alpha value is -1.94. The number of hydrogen-bond acceptors (Lipinski definition) is 7. The van der Waals surface area contributed by atoms with Crippen molar-refractivity contribution in [3.63, 3.8) is 0 Å². The van der Waals surface area contributed by atoms with Crippen molar-refractivity contribution in [1.29, 1.82) is 0 Å². The fourth-order valence-corrected chi connectivity index (χ4v) is 14.2. The van der Waals surface area contributed by atoms with Crippen molar-refractivity contribution in [2.45, 2.75) is 144 Å². The quantitative estimate of drug-likeness (QED) is 0.148. The van der Waals surface area contributed by atoms with Gasteiger partial charge < -0.3 is 20.1 Å². The molecular formula is C41H66N2O7S. The molecule has 5 fully saturated rings. The van der Waals surface area contributed by atoms with Gasteiger partial charge in [-0.3, -0.25) is 14.4 Å². The molecule has 0 bridgehead atoms. The van der Waals surface area contributed by atoms with Crippen LogP contribution in [0.4, 0.5) is 0 Å². The first-order chi connectivity index (χ1) is 23.7. The third kappa shape index (κ3) is 6.73. The van der Waals surface area contributed by atoms with E-state index in [-0.39, 0.29) is 63.4 Å². The molecule has 10 heteroatoms. The highest BCUT2D eigenvalue weighted by atomic mass is 32.2. The summed E-state index contributed by atoms with van der Waals surface area (Å²) in [4.78, 5) is 40.4. The Morgan fingerprint density at radius 1 is 0.843 bits per heavy atom. The molecule has 2 N–H and O–H groups in total. The van der Waals surface area contributed by atoms with E-state index in [4.69, 9.17) is 9.84 Å². The van der Waals surface area contributed by atoms with E-state index in [1.165, 1.54) is 5.57 Å². The molecule has 0 radical (unpaired) electrons. The van der Waals surface area contributed by atoms with Crippen molar-refractivity contribution in [3.8, 4) is 0 Å². The number of ether oxygens (including phenoxy) is 1. The Kier molecular flexibility index (Phi) is 10.2. The van der Waals surface area contributed by atoms with Crippen molar-refractivity contribution in [3.05, 3.63) is 11.1 Å². The van der Waals surface area contributed by atoms with Crippen molar-refractivity contribution >= 4 is 27.7 Å². The molecule has 7 atom stereocenters. The van der Waals surface area contributed by atoms with Gasteiger partial charge in [0.2, 0.25) is 5.91 Å². The van der Waals surface area contributed by atoms with Gasteiger partial charge in [0, 0.05) is 25.0 Å². The Labute approximate surface area is 307 Å². The van der Waals surface area contributed by atoms with E-state index in [9.17, 15) is 22.8 Å². The van der Waals surface area contributed by atoms with Gasteiger partial charge in [-0.15, -0.1) is 0 Å². The predicted octanol–water partition coefficient (Wildman–Crippen LogP) is 6.95. The lowest BCUT2D eigenvalue weighted by molar-refractivity contribution is -0.214. The summed E-state index contributed by atoms with van der Waals surface area (Å²) >= 11 is 0. The van der Waals surface area contributed by atoms with Crippen LogP contribution in [-0.2, 0) is 29.0 Å². The van der Waals surface area contributed by atoms with E-state index in [0.717, 1.165) is 83.6 Å². The highest BCUT2D eigenvalue weighted by molar-refractivity contribution is 7.91. The van der Waals surface area contributed by atoms with Gasteiger partial charge >= 0.3 is 11.9 Å². The number of sulfone groups is 1. The minimum Gasteiger partial charge on any atom is -0.481 e. The molecule has 6 aliphatic rings. The van der Waals surface area contributed by atoms with Gasteiger partial charge in [-0.2, -0.15) is 0 Å². The summed E-state index contributed by atoms with van der Waals surface area (Å²) in [6, 6.07) is 0. The van der Waals surface area contributed by atoms with Crippen LogP contribution in [0, 0.1) is 44.3 Å². The monoisotopic (exact) mass is 730 g/mol. The Morgan fingerprint density at radius 3 is 2.22 bits per heavy atom. The van der Waals surface area contributed by atoms with Gasteiger partial charge in [0.1, 0.15) is 6.10 Å². The zero-order valence-corrected chi connectivity index (χ0v) is 33.4. The molecule has 1 amide bonds. The first-order valence-electron chi connectivity index (χ1n) is 20.0. The SMILES string of the molecule is CC1(C)CC[C@]2(C(=O)NCCCN3CCS(=O)(=O)CC3)CC[C@]3(C)C(=C2C1)CC[C@@H]1[C@@]2(C)CC[C@H](OC(=O)CCC(=O)O)C(C)(C)[C@@H]2CC[C@]13C. The van der Waals surface area contributed by atoms with Gasteiger partial charge in [-0.25, -0.2) is 8.42 Å². The van der Waals surface area contributed by atoms with Crippen LogP contribution >= 0.6 is 0 Å². The number of carboxylic acids is 1. The Balaban J connectivity index is 1.21. The molecule has 0 aromatic heterocycles. The number of esters is 1. The maximum Gasteiger partial charge on any atom is 0.306 e. The van der Waals surface area contributed by atoms with Crippen LogP contribution in [0.3, 0.4) is 0 Å². The Bertz CT molecular complexity index is 1540. The number of carbonyl (C=O) groups excluding carboxylic acids is 2. The first kappa shape index (κ1) is 38.8. The number of fused-ring (bicyclic) bond motifs is 6.